The van der Waals surface area contributed by atoms with Gasteiger partial charge in [0.15, 0.2) is 0 Å². The molecule has 0 aliphatic heterocycles. The Morgan fingerprint density at radius 2 is 2.19 bits per heavy atom. The van der Waals surface area contributed by atoms with Gasteiger partial charge in [0.05, 0.1) is 13.7 Å². The summed E-state index contributed by atoms with van der Waals surface area (Å²) < 4.78 is 4.65. The number of anilines is 1. The number of aliphatic hydroxyl groups is 1. The molecule has 2 rings (SSSR count). The van der Waals surface area contributed by atoms with Crippen LogP contribution in [0.2, 0.25) is 0 Å². The summed E-state index contributed by atoms with van der Waals surface area (Å²) in [7, 11) is 1.36. The topological polar surface area (TPSA) is 74.3 Å². The van der Waals surface area contributed by atoms with Gasteiger partial charge in [-0.2, -0.15) is 0 Å². The molecule has 21 heavy (non-hydrogen) atoms. The lowest BCUT2D eigenvalue weighted by Crippen LogP contribution is -2.04. The molecule has 1 aromatic carbocycles. The summed E-state index contributed by atoms with van der Waals surface area (Å²) in [6.45, 7) is 0.802. The Morgan fingerprint density at radius 1 is 1.33 bits per heavy atom. The SMILES string of the molecule is COC(=O)c1ccc(CNc2cccc(CCCO)c2)[nH]1. The number of aromatic amines is 1. The summed E-state index contributed by atoms with van der Waals surface area (Å²) in [5.41, 5.74) is 3.57. The standard InChI is InChI=1S/C16H20N2O3/c1-21-16(20)15-8-7-14(18-15)11-17-13-6-2-4-12(10-13)5-3-9-19/h2,4,6-8,10,17-19H,3,5,9,11H2,1H3. The van der Waals surface area contributed by atoms with Crippen molar-refractivity contribution in [2.75, 3.05) is 19.0 Å². The van der Waals surface area contributed by atoms with Crippen molar-refractivity contribution in [1.29, 1.82) is 0 Å². The molecule has 5 heteroatoms. The van der Waals surface area contributed by atoms with Crippen LogP contribution in [0.25, 0.3) is 0 Å². The molecule has 1 heterocycles. The van der Waals surface area contributed by atoms with Crippen molar-refractivity contribution in [3.8, 4) is 0 Å². The highest BCUT2D eigenvalue weighted by molar-refractivity contribution is 5.87. The Balaban J connectivity index is 1.93. The summed E-state index contributed by atoms with van der Waals surface area (Å²) in [6.07, 6.45) is 1.63. The molecule has 0 spiro atoms. The van der Waals surface area contributed by atoms with Crippen molar-refractivity contribution >= 4 is 11.7 Å². The Kier molecular flexibility index (Phi) is 5.40. The first-order valence-electron chi connectivity index (χ1n) is 6.93. The van der Waals surface area contributed by atoms with E-state index in [4.69, 9.17) is 5.11 Å². The average molecular weight is 288 g/mol. The molecule has 0 saturated heterocycles. The first-order chi connectivity index (χ1) is 10.2. The number of aliphatic hydroxyl groups excluding tert-OH is 1. The number of aryl methyl sites for hydroxylation is 1. The molecule has 0 atom stereocenters. The Labute approximate surface area is 124 Å². The van der Waals surface area contributed by atoms with Crippen molar-refractivity contribution in [2.45, 2.75) is 19.4 Å². The van der Waals surface area contributed by atoms with Crippen LogP contribution >= 0.6 is 0 Å². The predicted molar refractivity (Wildman–Crippen MR) is 81.3 cm³/mol. The molecule has 0 aliphatic carbocycles. The number of ether oxygens (including phenoxy) is 1. The van der Waals surface area contributed by atoms with Gasteiger partial charge in [-0.15, -0.1) is 0 Å². The van der Waals surface area contributed by atoms with Gasteiger partial charge in [-0.1, -0.05) is 12.1 Å². The van der Waals surface area contributed by atoms with Gasteiger partial charge in [-0.05, 0) is 42.7 Å². The number of aromatic nitrogens is 1. The number of hydrogen-bond donors (Lipinski definition) is 3. The van der Waals surface area contributed by atoms with Gasteiger partial charge in [0.2, 0.25) is 0 Å². The fourth-order valence-corrected chi connectivity index (χ4v) is 2.09. The molecule has 0 aliphatic rings. The monoisotopic (exact) mass is 288 g/mol. The van der Waals surface area contributed by atoms with E-state index < -0.39 is 0 Å². The van der Waals surface area contributed by atoms with Crippen LogP contribution in [0.5, 0.6) is 0 Å². The molecular weight excluding hydrogens is 268 g/mol. The Bertz CT molecular complexity index is 593. The molecule has 0 fully saturated rings. The van der Waals surface area contributed by atoms with Crippen LogP contribution in [0.4, 0.5) is 5.69 Å². The largest absolute Gasteiger partial charge is 0.464 e. The maximum absolute atomic E-state index is 11.4. The summed E-state index contributed by atoms with van der Waals surface area (Å²) >= 11 is 0. The lowest BCUT2D eigenvalue weighted by atomic mass is 10.1. The molecule has 112 valence electrons. The lowest BCUT2D eigenvalue weighted by molar-refractivity contribution is 0.0594. The lowest BCUT2D eigenvalue weighted by Gasteiger charge is -2.07. The van der Waals surface area contributed by atoms with Crippen LogP contribution in [0, 0.1) is 0 Å². The molecular formula is C16H20N2O3. The number of H-pyrrole nitrogens is 1. The van der Waals surface area contributed by atoms with Gasteiger partial charge in [-0.3, -0.25) is 0 Å². The molecule has 1 aromatic heterocycles. The number of rotatable bonds is 7. The van der Waals surface area contributed by atoms with Gasteiger partial charge in [-0.25, -0.2) is 4.79 Å². The molecule has 0 unspecified atom stereocenters. The smallest absolute Gasteiger partial charge is 0.354 e. The molecule has 5 nitrogen and oxygen atoms in total. The quantitative estimate of drug-likeness (QED) is 0.684. The van der Waals surface area contributed by atoms with E-state index in [1.807, 2.05) is 24.3 Å². The summed E-state index contributed by atoms with van der Waals surface area (Å²) in [5, 5.41) is 12.2. The molecule has 0 radical (unpaired) electrons. The zero-order valence-corrected chi connectivity index (χ0v) is 12.1. The first-order valence-corrected chi connectivity index (χ1v) is 6.93. The van der Waals surface area contributed by atoms with E-state index in [-0.39, 0.29) is 12.6 Å². The van der Waals surface area contributed by atoms with E-state index >= 15 is 0 Å². The third kappa shape index (κ3) is 4.36. The van der Waals surface area contributed by atoms with Crippen LogP contribution < -0.4 is 5.32 Å². The van der Waals surface area contributed by atoms with Crippen LogP contribution in [0.3, 0.4) is 0 Å². The van der Waals surface area contributed by atoms with Gasteiger partial charge < -0.3 is 20.1 Å². The molecule has 0 bridgehead atoms. The summed E-state index contributed by atoms with van der Waals surface area (Å²) in [4.78, 5) is 14.4. The van der Waals surface area contributed by atoms with E-state index in [1.165, 1.54) is 12.7 Å². The third-order valence-electron chi connectivity index (χ3n) is 3.19. The number of carbonyl (C=O) groups excluding carboxylic acids is 1. The van der Waals surface area contributed by atoms with E-state index in [0.29, 0.717) is 12.2 Å². The fraction of sp³-hybridized carbons (Fsp3) is 0.312. The zero-order valence-electron chi connectivity index (χ0n) is 12.1. The van der Waals surface area contributed by atoms with Crippen LogP contribution in [-0.4, -0.2) is 29.8 Å². The van der Waals surface area contributed by atoms with Crippen LogP contribution in [0.1, 0.15) is 28.2 Å². The summed E-state index contributed by atoms with van der Waals surface area (Å²) in [5.74, 6) is -0.368. The van der Waals surface area contributed by atoms with Crippen molar-refractivity contribution in [3.63, 3.8) is 0 Å². The molecule has 0 amide bonds. The number of esters is 1. The number of hydrogen-bond acceptors (Lipinski definition) is 4. The molecule has 2 aromatic rings. The average Bonchev–Trinajstić information content (AvgIpc) is 2.99. The van der Waals surface area contributed by atoms with Crippen molar-refractivity contribution in [1.82, 2.24) is 4.98 Å². The number of nitrogens with one attached hydrogen (secondary N) is 2. The van der Waals surface area contributed by atoms with E-state index in [9.17, 15) is 4.79 Å². The first kappa shape index (κ1) is 15.1. The van der Waals surface area contributed by atoms with Gasteiger partial charge >= 0.3 is 5.97 Å². The van der Waals surface area contributed by atoms with Crippen molar-refractivity contribution in [2.24, 2.45) is 0 Å². The number of methoxy groups -OCH3 is 1. The molecule has 3 N–H and O–H groups in total. The highest BCUT2D eigenvalue weighted by atomic mass is 16.5. The van der Waals surface area contributed by atoms with Crippen LogP contribution in [-0.2, 0) is 17.7 Å². The number of carbonyl (C=O) groups is 1. The minimum Gasteiger partial charge on any atom is -0.464 e. The van der Waals surface area contributed by atoms with Crippen molar-refractivity contribution < 1.29 is 14.6 Å². The van der Waals surface area contributed by atoms with Gasteiger partial charge in [0.25, 0.3) is 0 Å². The minimum absolute atomic E-state index is 0.205. The van der Waals surface area contributed by atoms with E-state index in [2.05, 4.69) is 21.1 Å². The molecule has 0 saturated carbocycles. The highest BCUT2D eigenvalue weighted by Gasteiger charge is 2.07. The van der Waals surface area contributed by atoms with E-state index in [1.54, 1.807) is 6.07 Å². The Hall–Kier alpha value is -2.27. The predicted octanol–water partition coefficient (Wildman–Crippen LogP) is 2.34. The normalized spacial score (nSPS) is 10.4. The second-order valence-corrected chi connectivity index (χ2v) is 4.77. The zero-order chi connectivity index (χ0) is 15.1. The van der Waals surface area contributed by atoms with Gasteiger partial charge in [0.1, 0.15) is 5.69 Å². The number of benzene rings is 1. The third-order valence-corrected chi connectivity index (χ3v) is 3.19. The second kappa shape index (κ2) is 7.50. The second-order valence-electron chi connectivity index (χ2n) is 4.77. The maximum Gasteiger partial charge on any atom is 0.354 e. The van der Waals surface area contributed by atoms with Gasteiger partial charge in [0, 0.05) is 18.0 Å². The van der Waals surface area contributed by atoms with Crippen molar-refractivity contribution in [3.05, 3.63) is 53.3 Å². The summed E-state index contributed by atoms with van der Waals surface area (Å²) in [6, 6.07) is 11.7. The maximum atomic E-state index is 11.4. The Morgan fingerprint density at radius 3 is 2.95 bits per heavy atom. The highest BCUT2D eigenvalue weighted by Crippen LogP contribution is 2.13. The van der Waals surface area contributed by atoms with E-state index in [0.717, 1.165) is 24.2 Å². The fourth-order valence-electron chi connectivity index (χ4n) is 2.09. The van der Waals surface area contributed by atoms with Crippen LogP contribution in [0.15, 0.2) is 36.4 Å². The minimum atomic E-state index is -0.368.